The summed E-state index contributed by atoms with van der Waals surface area (Å²) < 4.78 is 43.6. The minimum atomic E-state index is -4.33. The van der Waals surface area contributed by atoms with E-state index in [1.54, 1.807) is 13.2 Å². The van der Waals surface area contributed by atoms with E-state index in [0.29, 0.717) is 31.6 Å². The maximum atomic E-state index is 12.8. The summed E-state index contributed by atoms with van der Waals surface area (Å²) in [4.78, 5) is 14.2. The van der Waals surface area contributed by atoms with Gasteiger partial charge in [0.1, 0.15) is 5.75 Å². The topological polar surface area (TPSA) is 41.6 Å². The van der Waals surface area contributed by atoms with Gasteiger partial charge >= 0.3 is 6.18 Å². The van der Waals surface area contributed by atoms with E-state index in [1.165, 1.54) is 12.1 Å². The number of likely N-dealkylation sites (tertiary alicyclic amines) is 1. The van der Waals surface area contributed by atoms with Crippen LogP contribution in [0.25, 0.3) is 0 Å². The average Bonchev–Trinajstić information content (AvgIpc) is 3.09. The summed E-state index contributed by atoms with van der Waals surface area (Å²) in [5, 5.41) is 3.21. The zero-order chi connectivity index (χ0) is 21.6. The number of ether oxygens (including phenoxy) is 1. The van der Waals surface area contributed by atoms with Gasteiger partial charge < -0.3 is 15.0 Å². The third kappa shape index (κ3) is 5.98. The molecule has 3 rings (SSSR count). The lowest BCUT2D eigenvalue weighted by Gasteiger charge is -2.25. The van der Waals surface area contributed by atoms with Crippen LogP contribution in [0.2, 0.25) is 0 Å². The quantitative estimate of drug-likeness (QED) is 0.611. The second-order valence-corrected chi connectivity index (χ2v) is 7.54. The fourth-order valence-electron chi connectivity index (χ4n) is 3.80. The standard InChI is InChI=1S/C23H27F3N2O2/c1-30-21-8-5-17(6-9-21)12-14-28-20(7-10-22(28)29)11-13-27-16-18-3-2-4-19(15-18)23(24,25)26/h2-6,8-9,15,20,27H,7,10-14,16H2,1H3. The highest BCUT2D eigenvalue weighted by Gasteiger charge is 2.31. The summed E-state index contributed by atoms with van der Waals surface area (Å²) in [6.07, 6.45) is -1.38. The molecule has 1 atom stereocenters. The monoisotopic (exact) mass is 420 g/mol. The molecule has 7 heteroatoms. The normalized spacial score (nSPS) is 16.9. The first-order valence-electron chi connectivity index (χ1n) is 10.2. The van der Waals surface area contributed by atoms with Crippen LogP contribution in [0.4, 0.5) is 13.2 Å². The first kappa shape index (κ1) is 22.2. The lowest BCUT2D eigenvalue weighted by atomic mass is 10.1. The van der Waals surface area contributed by atoms with Gasteiger partial charge in [-0.1, -0.05) is 30.3 Å². The zero-order valence-corrected chi connectivity index (χ0v) is 17.0. The molecule has 1 amide bonds. The van der Waals surface area contributed by atoms with E-state index in [4.69, 9.17) is 4.74 Å². The third-order valence-corrected chi connectivity index (χ3v) is 5.49. The first-order valence-corrected chi connectivity index (χ1v) is 10.2. The fraction of sp³-hybridized carbons (Fsp3) is 0.435. The Bertz CT molecular complexity index is 837. The zero-order valence-electron chi connectivity index (χ0n) is 17.0. The third-order valence-electron chi connectivity index (χ3n) is 5.49. The van der Waals surface area contributed by atoms with Crippen LogP contribution in [-0.4, -0.2) is 37.0 Å². The number of amides is 1. The van der Waals surface area contributed by atoms with Crippen LogP contribution in [0.5, 0.6) is 5.75 Å². The molecule has 1 heterocycles. The number of methoxy groups -OCH3 is 1. The number of nitrogens with one attached hydrogen (secondary N) is 1. The highest BCUT2D eigenvalue weighted by atomic mass is 19.4. The molecule has 1 aliphatic heterocycles. The molecular formula is C23H27F3N2O2. The number of halogens is 3. The molecule has 1 unspecified atom stereocenters. The highest BCUT2D eigenvalue weighted by Crippen LogP contribution is 2.29. The van der Waals surface area contributed by atoms with Crippen LogP contribution in [0, 0.1) is 0 Å². The molecule has 0 bridgehead atoms. The number of nitrogens with zero attached hydrogens (tertiary/aromatic N) is 1. The SMILES string of the molecule is COc1ccc(CCN2C(=O)CCC2CCNCc2cccc(C(F)(F)F)c2)cc1. The Morgan fingerprint density at radius 3 is 2.60 bits per heavy atom. The van der Waals surface area contributed by atoms with Gasteiger partial charge in [0.2, 0.25) is 5.91 Å². The molecular weight excluding hydrogens is 393 g/mol. The Balaban J connectivity index is 1.45. The molecule has 1 saturated heterocycles. The van der Waals surface area contributed by atoms with Crippen molar-refractivity contribution < 1.29 is 22.7 Å². The molecule has 0 spiro atoms. The van der Waals surface area contributed by atoms with Crippen LogP contribution in [0.15, 0.2) is 48.5 Å². The van der Waals surface area contributed by atoms with Crippen molar-refractivity contribution in [3.8, 4) is 5.75 Å². The van der Waals surface area contributed by atoms with Crippen LogP contribution < -0.4 is 10.1 Å². The van der Waals surface area contributed by atoms with Gasteiger partial charge in [0.05, 0.1) is 12.7 Å². The summed E-state index contributed by atoms with van der Waals surface area (Å²) >= 11 is 0. The summed E-state index contributed by atoms with van der Waals surface area (Å²) in [7, 11) is 1.63. The van der Waals surface area contributed by atoms with Crippen molar-refractivity contribution in [2.24, 2.45) is 0 Å². The van der Waals surface area contributed by atoms with Crippen molar-refractivity contribution >= 4 is 5.91 Å². The Hall–Kier alpha value is -2.54. The summed E-state index contributed by atoms with van der Waals surface area (Å²) in [6, 6.07) is 13.4. The lowest BCUT2D eigenvalue weighted by Crippen LogP contribution is -2.36. The molecule has 1 N–H and O–H groups in total. The molecule has 0 aliphatic carbocycles. The number of rotatable bonds is 9. The molecule has 0 radical (unpaired) electrons. The van der Waals surface area contributed by atoms with Crippen LogP contribution in [-0.2, 0) is 23.9 Å². The first-order chi connectivity index (χ1) is 14.4. The summed E-state index contributed by atoms with van der Waals surface area (Å²) in [6.45, 7) is 1.69. The average molecular weight is 420 g/mol. The van der Waals surface area contributed by atoms with Crippen molar-refractivity contribution in [2.45, 2.75) is 44.4 Å². The number of alkyl halides is 3. The van der Waals surface area contributed by atoms with Gasteiger partial charge in [0.15, 0.2) is 0 Å². The highest BCUT2D eigenvalue weighted by molar-refractivity contribution is 5.78. The van der Waals surface area contributed by atoms with Crippen LogP contribution in [0.3, 0.4) is 0 Å². The second-order valence-electron chi connectivity index (χ2n) is 7.54. The van der Waals surface area contributed by atoms with E-state index < -0.39 is 11.7 Å². The van der Waals surface area contributed by atoms with Gasteiger partial charge in [-0.05, 0) is 55.1 Å². The summed E-state index contributed by atoms with van der Waals surface area (Å²) in [5.74, 6) is 0.979. The van der Waals surface area contributed by atoms with Gasteiger partial charge in [-0.25, -0.2) is 0 Å². The van der Waals surface area contributed by atoms with E-state index in [0.717, 1.165) is 36.6 Å². The van der Waals surface area contributed by atoms with Crippen LogP contribution in [0.1, 0.15) is 36.0 Å². The van der Waals surface area contributed by atoms with E-state index in [1.807, 2.05) is 29.2 Å². The van der Waals surface area contributed by atoms with E-state index in [9.17, 15) is 18.0 Å². The molecule has 2 aromatic carbocycles. The predicted octanol–water partition coefficient (Wildman–Crippen LogP) is 4.43. The van der Waals surface area contributed by atoms with Gasteiger partial charge in [-0.3, -0.25) is 4.79 Å². The molecule has 2 aromatic rings. The van der Waals surface area contributed by atoms with Gasteiger partial charge in [-0.2, -0.15) is 13.2 Å². The lowest BCUT2D eigenvalue weighted by molar-refractivity contribution is -0.137. The van der Waals surface area contributed by atoms with Crippen molar-refractivity contribution in [1.82, 2.24) is 10.2 Å². The minimum absolute atomic E-state index is 0.171. The van der Waals surface area contributed by atoms with Crippen LogP contribution >= 0.6 is 0 Å². The molecule has 4 nitrogen and oxygen atoms in total. The molecule has 30 heavy (non-hydrogen) atoms. The fourth-order valence-corrected chi connectivity index (χ4v) is 3.80. The van der Waals surface area contributed by atoms with E-state index in [2.05, 4.69) is 5.32 Å². The molecule has 162 valence electrons. The minimum Gasteiger partial charge on any atom is -0.497 e. The maximum Gasteiger partial charge on any atom is 0.416 e. The van der Waals surface area contributed by atoms with Crippen molar-refractivity contribution in [3.05, 3.63) is 65.2 Å². The number of hydrogen-bond acceptors (Lipinski definition) is 3. The van der Waals surface area contributed by atoms with E-state index in [-0.39, 0.29) is 11.9 Å². The molecule has 1 fully saturated rings. The number of benzene rings is 2. The molecule has 0 aromatic heterocycles. The second kappa shape index (κ2) is 9.98. The van der Waals surface area contributed by atoms with Gasteiger partial charge in [0.25, 0.3) is 0 Å². The van der Waals surface area contributed by atoms with Crippen molar-refractivity contribution in [3.63, 3.8) is 0 Å². The number of hydrogen-bond donors (Lipinski definition) is 1. The molecule has 1 aliphatic rings. The Labute approximate surface area is 175 Å². The molecule has 0 saturated carbocycles. The van der Waals surface area contributed by atoms with Gasteiger partial charge in [-0.15, -0.1) is 0 Å². The Morgan fingerprint density at radius 1 is 1.13 bits per heavy atom. The number of carbonyl (C=O) groups is 1. The number of carbonyl (C=O) groups excluding carboxylic acids is 1. The van der Waals surface area contributed by atoms with Crippen molar-refractivity contribution in [2.75, 3.05) is 20.2 Å². The Kier molecular flexibility index (Phi) is 7.37. The van der Waals surface area contributed by atoms with Crippen molar-refractivity contribution in [1.29, 1.82) is 0 Å². The van der Waals surface area contributed by atoms with Gasteiger partial charge in [0, 0.05) is 25.6 Å². The maximum absolute atomic E-state index is 12.8. The Morgan fingerprint density at radius 2 is 1.90 bits per heavy atom. The largest absolute Gasteiger partial charge is 0.497 e. The van der Waals surface area contributed by atoms with E-state index >= 15 is 0 Å². The summed E-state index contributed by atoms with van der Waals surface area (Å²) in [5.41, 5.74) is 1.12. The predicted molar refractivity (Wildman–Crippen MR) is 109 cm³/mol. The smallest absolute Gasteiger partial charge is 0.416 e.